The molecule has 1 atom stereocenters. The van der Waals surface area contributed by atoms with E-state index in [-0.39, 0.29) is 11.1 Å². The highest BCUT2D eigenvalue weighted by molar-refractivity contribution is 6.44. The molecular formula is C14H15ClO8. The van der Waals surface area contributed by atoms with Crippen molar-refractivity contribution in [1.82, 2.24) is 0 Å². The van der Waals surface area contributed by atoms with Crippen LogP contribution in [-0.4, -0.2) is 57.2 Å². The van der Waals surface area contributed by atoms with Gasteiger partial charge in [0.25, 0.3) is 0 Å². The Morgan fingerprint density at radius 3 is 1.61 bits per heavy atom. The largest absolute Gasteiger partial charge is 0.467 e. The van der Waals surface area contributed by atoms with Crippen LogP contribution in [0.5, 0.6) is 0 Å². The summed E-state index contributed by atoms with van der Waals surface area (Å²) in [6.45, 7) is 1.30. The molecule has 126 valence electrons. The molecule has 0 aromatic heterocycles. The number of alkyl halides is 1. The van der Waals surface area contributed by atoms with Crippen LogP contribution in [0.2, 0.25) is 0 Å². The maximum atomic E-state index is 12.2. The number of hydrogen-bond donors (Lipinski definition) is 0. The minimum absolute atomic E-state index is 0.0985. The Balaban J connectivity index is 3.89. The van der Waals surface area contributed by atoms with Gasteiger partial charge >= 0.3 is 23.9 Å². The smallest absolute Gasteiger partial charge is 0.339 e. The number of rotatable bonds is 4. The van der Waals surface area contributed by atoms with Gasteiger partial charge < -0.3 is 18.9 Å². The number of ether oxygens (including phenoxy) is 4. The number of esters is 4. The van der Waals surface area contributed by atoms with Gasteiger partial charge in [-0.1, -0.05) is 11.6 Å². The summed E-state index contributed by atoms with van der Waals surface area (Å²) in [5.74, 6) is -4.14. The third kappa shape index (κ3) is 2.70. The fourth-order valence-corrected chi connectivity index (χ4v) is 2.59. The molecule has 1 rings (SSSR count). The highest BCUT2D eigenvalue weighted by atomic mass is 35.5. The summed E-state index contributed by atoms with van der Waals surface area (Å²) in [6.07, 6.45) is 0. The van der Waals surface area contributed by atoms with Crippen molar-refractivity contribution in [2.75, 3.05) is 28.4 Å². The van der Waals surface area contributed by atoms with Crippen LogP contribution in [0.25, 0.3) is 0 Å². The molecule has 0 saturated heterocycles. The summed E-state index contributed by atoms with van der Waals surface area (Å²) >= 11 is 6.30. The first-order valence-electron chi connectivity index (χ1n) is 6.20. The summed E-state index contributed by atoms with van der Waals surface area (Å²) < 4.78 is 18.4. The van der Waals surface area contributed by atoms with Crippen molar-refractivity contribution in [3.63, 3.8) is 0 Å². The predicted octanol–water partition coefficient (Wildman–Crippen LogP) is 0.283. The zero-order valence-electron chi connectivity index (χ0n) is 13.1. The molecule has 0 amide bonds. The van der Waals surface area contributed by atoms with Crippen LogP contribution < -0.4 is 0 Å². The molecule has 8 nitrogen and oxygen atoms in total. The first kappa shape index (κ1) is 18.7. The highest BCUT2D eigenvalue weighted by Gasteiger charge is 2.57. The Bertz CT molecular complexity index is 645. The second kappa shape index (κ2) is 6.82. The van der Waals surface area contributed by atoms with Crippen molar-refractivity contribution in [2.45, 2.75) is 11.8 Å². The Labute approximate surface area is 137 Å². The Morgan fingerprint density at radius 2 is 1.22 bits per heavy atom. The lowest BCUT2D eigenvalue weighted by atomic mass is 9.94. The zero-order chi connectivity index (χ0) is 17.9. The fourth-order valence-electron chi connectivity index (χ4n) is 2.25. The van der Waals surface area contributed by atoms with Gasteiger partial charge in [0.1, 0.15) is 0 Å². The molecule has 1 aliphatic rings. The van der Waals surface area contributed by atoms with E-state index in [0.29, 0.717) is 0 Å². The number of halogens is 1. The molecule has 0 aliphatic heterocycles. The number of carbonyl (C=O) groups excluding carboxylic acids is 4. The van der Waals surface area contributed by atoms with Crippen molar-refractivity contribution < 1.29 is 38.1 Å². The van der Waals surface area contributed by atoms with Crippen LogP contribution in [0.3, 0.4) is 0 Å². The van der Waals surface area contributed by atoms with Crippen LogP contribution in [0, 0.1) is 0 Å². The van der Waals surface area contributed by atoms with E-state index < -0.39 is 39.9 Å². The number of carbonyl (C=O) groups is 4. The molecule has 0 bridgehead atoms. The summed E-state index contributed by atoms with van der Waals surface area (Å²) in [6, 6.07) is 0. The standard InChI is InChI=1S/C14H15ClO8/c1-6-7(10(16)20-2)8(11(17)21-3)9(12(18)22-4)14(6,15)13(19)23-5/h1-5H3. The predicted molar refractivity (Wildman–Crippen MR) is 76.4 cm³/mol. The Hall–Kier alpha value is -2.35. The summed E-state index contributed by atoms with van der Waals surface area (Å²) in [5, 5.41) is 0. The quantitative estimate of drug-likeness (QED) is 0.406. The monoisotopic (exact) mass is 346 g/mol. The molecule has 0 saturated carbocycles. The summed E-state index contributed by atoms with van der Waals surface area (Å²) in [7, 11) is 4.19. The molecule has 0 fully saturated rings. The third-order valence-electron chi connectivity index (χ3n) is 3.37. The van der Waals surface area contributed by atoms with Crippen LogP contribution in [0.15, 0.2) is 22.3 Å². The average Bonchev–Trinajstić information content (AvgIpc) is 2.81. The van der Waals surface area contributed by atoms with Gasteiger partial charge in [0.15, 0.2) is 4.87 Å². The lowest BCUT2D eigenvalue weighted by Gasteiger charge is -2.23. The molecule has 0 spiro atoms. The molecular weight excluding hydrogens is 332 g/mol. The van der Waals surface area contributed by atoms with Crippen molar-refractivity contribution >= 4 is 35.5 Å². The summed E-state index contributed by atoms with van der Waals surface area (Å²) in [4.78, 5) is 46.2. The van der Waals surface area contributed by atoms with Crippen LogP contribution in [-0.2, 0) is 38.1 Å². The minimum Gasteiger partial charge on any atom is -0.467 e. The van der Waals surface area contributed by atoms with Gasteiger partial charge in [0.05, 0.1) is 45.2 Å². The van der Waals surface area contributed by atoms with Gasteiger partial charge in [-0.15, -0.1) is 0 Å². The lowest BCUT2D eigenvalue weighted by Crippen LogP contribution is -2.39. The second-order valence-corrected chi connectivity index (χ2v) is 4.94. The molecule has 0 heterocycles. The van der Waals surface area contributed by atoms with Crippen molar-refractivity contribution in [3.8, 4) is 0 Å². The lowest BCUT2D eigenvalue weighted by molar-refractivity contribution is -0.145. The van der Waals surface area contributed by atoms with Crippen LogP contribution in [0.4, 0.5) is 0 Å². The van der Waals surface area contributed by atoms with Gasteiger partial charge in [0.2, 0.25) is 0 Å². The molecule has 1 unspecified atom stereocenters. The van der Waals surface area contributed by atoms with E-state index in [1.807, 2.05) is 0 Å². The van der Waals surface area contributed by atoms with E-state index in [0.717, 1.165) is 28.4 Å². The van der Waals surface area contributed by atoms with Gasteiger partial charge in [-0.2, -0.15) is 0 Å². The molecule has 0 aromatic carbocycles. The topological polar surface area (TPSA) is 105 Å². The molecule has 9 heteroatoms. The normalized spacial score (nSPS) is 20.3. The van der Waals surface area contributed by atoms with Crippen molar-refractivity contribution in [1.29, 1.82) is 0 Å². The van der Waals surface area contributed by atoms with Gasteiger partial charge in [-0.25, -0.2) is 19.2 Å². The molecule has 23 heavy (non-hydrogen) atoms. The molecule has 0 N–H and O–H groups in total. The van der Waals surface area contributed by atoms with E-state index >= 15 is 0 Å². The van der Waals surface area contributed by atoms with E-state index in [1.165, 1.54) is 6.92 Å². The fraction of sp³-hybridized carbons (Fsp3) is 0.429. The van der Waals surface area contributed by atoms with Gasteiger partial charge in [-0.05, 0) is 12.5 Å². The maximum Gasteiger partial charge on any atom is 0.339 e. The van der Waals surface area contributed by atoms with Gasteiger partial charge in [-0.3, -0.25) is 0 Å². The number of hydrogen-bond acceptors (Lipinski definition) is 8. The molecule has 0 radical (unpaired) electrons. The van der Waals surface area contributed by atoms with E-state index in [4.69, 9.17) is 11.6 Å². The van der Waals surface area contributed by atoms with Crippen molar-refractivity contribution in [3.05, 3.63) is 22.3 Å². The maximum absolute atomic E-state index is 12.2. The molecule has 0 aromatic rings. The number of methoxy groups -OCH3 is 4. The van der Waals surface area contributed by atoms with Crippen molar-refractivity contribution in [2.24, 2.45) is 0 Å². The van der Waals surface area contributed by atoms with Crippen LogP contribution >= 0.6 is 11.6 Å². The van der Waals surface area contributed by atoms with Crippen LogP contribution in [0.1, 0.15) is 6.92 Å². The third-order valence-corrected chi connectivity index (χ3v) is 4.00. The summed E-state index contributed by atoms with van der Waals surface area (Å²) in [5.41, 5.74) is -1.50. The van der Waals surface area contributed by atoms with E-state index in [1.54, 1.807) is 0 Å². The minimum atomic E-state index is -2.20. The molecule has 1 aliphatic carbocycles. The zero-order valence-corrected chi connectivity index (χ0v) is 13.9. The first-order chi connectivity index (χ1) is 10.7. The Kier molecular flexibility index (Phi) is 5.55. The SMILES string of the molecule is COC(=O)C1=C(C)C(Cl)(C(=O)OC)C(C(=O)OC)=C1C(=O)OC. The van der Waals surface area contributed by atoms with E-state index in [2.05, 4.69) is 18.9 Å². The highest BCUT2D eigenvalue weighted by Crippen LogP contribution is 2.47. The van der Waals surface area contributed by atoms with E-state index in [9.17, 15) is 19.2 Å². The Morgan fingerprint density at radius 1 is 0.783 bits per heavy atom. The van der Waals surface area contributed by atoms with Gasteiger partial charge in [0, 0.05) is 0 Å². The average molecular weight is 347 g/mol. The second-order valence-electron chi connectivity index (χ2n) is 4.37. The first-order valence-corrected chi connectivity index (χ1v) is 6.58.